The quantitative estimate of drug-likeness (QED) is 0.223. The lowest BCUT2D eigenvalue weighted by Gasteiger charge is -2.38. The van der Waals surface area contributed by atoms with Crippen LogP contribution in [0.1, 0.15) is 12.0 Å². The molecule has 4 nitrogen and oxygen atoms in total. The van der Waals surface area contributed by atoms with Crippen molar-refractivity contribution in [1.82, 2.24) is 0 Å². The molecule has 0 aromatic heterocycles. The Hall–Kier alpha value is -2.71. The van der Waals surface area contributed by atoms with Gasteiger partial charge in [-0.15, -0.1) is 0 Å². The van der Waals surface area contributed by atoms with Gasteiger partial charge in [-0.25, -0.2) is 8.78 Å². The van der Waals surface area contributed by atoms with E-state index in [1.54, 1.807) is 46.9 Å². The van der Waals surface area contributed by atoms with E-state index < -0.39 is 29.6 Å². The number of benzene rings is 2. The largest absolute Gasteiger partial charge is 0.445 e. The van der Waals surface area contributed by atoms with Gasteiger partial charge in [0.2, 0.25) is 0 Å². The van der Waals surface area contributed by atoms with E-state index in [9.17, 15) is 22.7 Å². The molecule has 30 heavy (non-hydrogen) atoms. The predicted molar refractivity (Wildman–Crippen MR) is 112 cm³/mol. The predicted octanol–water partition coefficient (Wildman–Crippen LogP) is 5.11. The molecule has 4 rings (SSSR count). The Labute approximate surface area is 182 Å². The third kappa shape index (κ3) is 3.20. The van der Waals surface area contributed by atoms with E-state index in [0.717, 1.165) is 0 Å². The Morgan fingerprint density at radius 1 is 1.07 bits per heavy atom. The van der Waals surface area contributed by atoms with Crippen molar-refractivity contribution >= 4 is 34.0 Å². The molecule has 1 fully saturated rings. The van der Waals surface area contributed by atoms with Crippen molar-refractivity contribution < 1.29 is 27.4 Å². The molecule has 2 aromatic rings. The zero-order valence-corrected chi connectivity index (χ0v) is 17.2. The fraction of sp³-hybridized carbons (Fsp3) is 0.143. The maximum Gasteiger partial charge on any atom is 0.310 e. The van der Waals surface area contributed by atoms with E-state index in [0.29, 0.717) is 16.8 Å². The highest BCUT2D eigenvalue weighted by molar-refractivity contribution is 14.1. The molecule has 0 amide bonds. The number of rotatable bonds is 4. The monoisotopic (exact) mass is 528 g/mol. The molecule has 0 saturated heterocycles. The molecule has 0 radical (unpaired) electrons. The van der Waals surface area contributed by atoms with Gasteiger partial charge < -0.3 is 21.3 Å². The van der Waals surface area contributed by atoms with Crippen LogP contribution in [-0.2, 0) is 0 Å². The molecule has 1 unspecified atom stereocenters. The molecule has 1 atom stereocenters. The number of allylic oxidation sites excluding steroid dienone is 1. The molecule has 2 aliphatic rings. The first kappa shape index (κ1) is 20.6. The van der Waals surface area contributed by atoms with Crippen molar-refractivity contribution in [2.75, 3.05) is 11.5 Å². The minimum Gasteiger partial charge on any atom is -0.445 e. The third-order valence-electron chi connectivity index (χ3n) is 4.82. The number of anilines is 2. The van der Waals surface area contributed by atoms with Crippen LogP contribution in [0.3, 0.4) is 0 Å². The van der Waals surface area contributed by atoms with Crippen LogP contribution in [0.25, 0.3) is 11.1 Å². The molecule has 2 aromatic carbocycles. The smallest absolute Gasteiger partial charge is 0.310 e. The second-order valence-corrected chi connectivity index (χ2v) is 7.79. The second-order valence-electron chi connectivity index (χ2n) is 6.71. The molecule has 0 bridgehead atoms. The van der Waals surface area contributed by atoms with Gasteiger partial charge in [-0.05, 0) is 63.7 Å². The van der Waals surface area contributed by atoms with Gasteiger partial charge in [-0.3, -0.25) is 0 Å². The zero-order chi connectivity index (χ0) is 21.8. The van der Waals surface area contributed by atoms with Crippen molar-refractivity contribution in [2.45, 2.75) is 18.5 Å². The van der Waals surface area contributed by atoms with Gasteiger partial charge in [-0.2, -0.15) is 8.78 Å². The summed E-state index contributed by atoms with van der Waals surface area (Å²) in [6.45, 7) is 0. The van der Waals surface area contributed by atoms with Gasteiger partial charge in [0.15, 0.2) is 11.5 Å². The number of alkyl halides is 4. The molecular formula is C21H13F4IN2O2. The van der Waals surface area contributed by atoms with Crippen LogP contribution in [0.2, 0.25) is 0 Å². The van der Waals surface area contributed by atoms with Crippen LogP contribution >= 0.6 is 22.6 Å². The van der Waals surface area contributed by atoms with Crippen LogP contribution in [0, 0.1) is 0 Å². The number of fused-ring (bicyclic) bond motifs is 1. The van der Waals surface area contributed by atoms with Gasteiger partial charge in [-0.1, -0.05) is 17.9 Å². The summed E-state index contributed by atoms with van der Waals surface area (Å²) in [7, 11) is 0. The number of aliphatic hydroxyl groups excluding tert-OH is 1. The highest BCUT2D eigenvalue weighted by Crippen LogP contribution is 2.52. The molecular weight excluding hydrogens is 515 g/mol. The van der Waals surface area contributed by atoms with E-state index in [4.69, 9.17) is 16.2 Å². The van der Waals surface area contributed by atoms with Crippen molar-refractivity contribution in [3.63, 3.8) is 0 Å². The summed E-state index contributed by atoms with van der Waals surface area (Å²) in [5, 5.41) is 9.71. The second kappa shape index (κ2) is 7.21. The van der Waals surface area contributed by atoms with Crippen molar-refractivity contribution in [2.24, 2.45) is 0 Å². The average molecular weight is 528 g/mol. The van der Waals surface area contributed by atoms with E-state index in [-0.39, 0.29) is 26.3 Å². The van der Waals surface area contributed by atoms with Crippen LogP contribution < -0.4 is 16.2 Å². The first-order chi connectivity index (χ1) is 14.1. The maximum atomic E-state index is 13.7. The van der Waals surface area contributed by atoms with Gasteiger partial charge in [0, 0.05) is 16.8 Å². The number of hydrogen-bond donors (Lipinski definition) is 3. The van der Waals surface area contributed by atoms with Crippen LogP contribution in [0.4, 0.5) is 28.9 Å². The molecule has 9 heteroatoms. The fourth-order valence-corrected chi connectivity index (χ4v) is 3.98. The Balaban J connectivity index is 1.81. The van der Waals surface area contributed by atoms with E-state index in [1.165, 1.54) is 12.1 Å². The summed E-state index contributed by atoms with van der Waals surface area (Å²) in [4.78, 5) is 0. The minimum absolute atomic E-state index is 0.0308. The molecule has 1 saturated carbocycles. The summed E-state index contributed by atoms with van der Waals surface area (Å²) >= 11 is 1.73. The molecule has 0 aliphatic heterocycles. The topological polar surface area (TPSA) is 81.5 Å². The molecule has 2 aliphatic carbocycles. The Morgan fingerprint density at radius 3 is 2.37 bits per heavy atom. The highest BCUT2D eigenvalue weighted by atomic mass is 127. The van der Waals surface area contributed by atoms with Gasteiger partial charge in [0.25, 0.3) is 6.43 Å². The summed E-state index contributed by atoms with van der Waals surface area (Å²) in [6.07, 6.45) is -4.87. The lowest BCUT2D eigenvalue weighted by Crippen LogP contribution is -2.49. The first-order valence-corrected chi connectivity index (χ1v) is 9.67. The molecule has 0 spiro atoms. The van der Waals surface area contributed by atoms with E-state index in [2.05, 4.69) is 11.5 Å². The highest BCUT2D eigenvalue weighted by Gasteiger charge is 2.59. The summed E-state index contributed by atoms with van der Waals surface area (Å²) < 4.78 is 60.3. The van der Waals surface area contributed by atoms with Gasteiger partial charge in [0.05, 0.1) is 14.8 Å². The molecule has 154 valence electrons. The number of nitrogen functional groups attached to an aromatic ring is 2. The number of ether oxygens (including phenoxy) is 1. The Morgan fingerprint density at radius 2 is 1.73 bits per heavy atom. The summed E-state index contributed by atoms with van der Waals surface area (Å²) in [5.41, 5.74) is 16.6. The number of hydrogen-bond acceptors (Lipinski definition) is 4. The van der Waals surface area contributed by atoms with Crippen molar-refractivity contribution in [3.8, 4) is 16.9 Å². The van der Waals surface area contributed by atoms with E-state index >= 15 is 0 Å². The number of aliphatic hydroxyl groups is 1. The van der Waals surface area contributed by atoms with Gasteiger partial charge >= 0.3 is 5.92 Å². The summed E-state index contributed by atoms with van der Waals surface area (Å²) in [5.74, 6) is -3.56. The normalized spacial score (nSPS) is 19.2. The summed E-state index contributed by atoms with van der Waals surface area (Å²) in [6, 6.07) is 9.28. The molecule has 0 heterocycles. The fourth-order valence-electron chi connectivity index (χ4n) is 3.17. The Kier molecular flexibility index (Phi) is 4.94. The van der Waals surface area contributed by atoms with Crippen LogP contribution in [0.15, 0.2) is 68.3 Å². The third-order valence-corrected chi connectivity index (χ3v) is 5.89. The number of halogens is 5. The standard InChI is InChI=1S/C21H13F4IN2O2/c22-20(23)12-7-10(9-1-3-11(27)4-2-9)8-15(18(12)28)30-14-6-5-13-16(17(14)26)19(29)21(13,24)25/h1-4,7-8,19-20,29H,27-28H2. The number of nitrogens with two attached hydrogens (primary N) is 2. The van der Waals surface area contributed by atoms with E-state index in [1.807, 2.05) is 0 Å². The Bertz CT molecular complexity index is 1190. The average Bonchev–Trinajstić information content (AvgIpc) is 2.70. The maximum absolute atomic E-state index is 13.7. The lowest BCUT2D eigenvalue weighted by atomic mass is 9.77. The van der Waals surface area contributed by atoms with Crippen molar-refractivity contribution in [3.05, 3.63) is 73.9 Å². The first-order valence-electron chi connectivity index (χ1n) is 8.59. The van der Waals surface area contributed by atoms with Crippen LogP contribution in [-0.4, -0.2) is 17.1 Å². The minimum atomic E-state index is -3.42. The lowest BCUT2D eigenvalue weighted by molar-refractivity contribution is -0.0915. The SMILES string of the molecule is Nc1ccc(-c2cc(OC3=C=C=C4C(=C3I)C(O)C4(F)F)c(N)c(C(F)F)c2)cc1. The van der Waals surface area contributed by atoms with Gasteiger partial charge in [0.1, 0.15) is 6.10 Å². The van der Waals surface area contributed by atoms with Crippen molar-refractivity contribution in [1.29, 1.82) is 0 Å². The zero-order valence-electron chi connectivity index (χ0n) is 15.0. The van der Waals surface area contributed by atoms with Crippen LogP contribution in [0.5, 0.6) is 5.75 Å². The molecule has 5 N–H and O–H groups in total.